The fourth-order valence-corrected chi connectivity index (χ4v) is 2.76. The Labute approximate surface area is 120 Å². The van der Waals surface area contributed by atoms with Gasteiger partial charge in [-0.25, -0.2) is 0 Å². The van der Waals surface area contributed by atoms with Crippen LogP contribution in [0.3, 0.4) is 0 Å². The van der Waals surface area contributed by atoms with Crippen LogP contribution in [0.1, 0.15) is 32.6 Å². The SMILES string of the molecule is CCCN1CCCC(Nc2cnn(CC(N)=O)c2)CC1. The van der Waals surface area contributed by atoms with E-state index in [1.54, 1.807) is 10.9 Å². The molecule has 6 nitrogen and oxygen atoms in total. The summed E-state index contributed by atoms with van der Waals surface area (Å²) in [5, 5.41) is 7.65. The van der Waals surface area contributed by atoms with E-state index in [-0.39, 0.29) is 12.5 Å². The smallest absolute Gasteiger partial charge is 0.239 e. The maximum atomic E-state index is 10.8. The van der Waals surface area contributed by atoms with Crippen molar-refractivity contribution >= 4 is 11.6 Å². The first-order valence-corrected chi connectivity index (χ1v) is 7.47. The van der Waals surface area contributed by atoms with Crippen LogP contribution in [-0.4, -0.2) is 46.3 Å². The molecule has 1 saturated heterocycles. The summed E-state index contributed by atoms with van der Waals surface area (Å²) in [6, 6.07) is 0.489. The summed E-state index contributed by atoms with van der Waals surface area (Å²) >= 11 is 0. The van der Waals surface area contributed by atoms with Crippen molar-refractivity contribution in [3.05, 3.63) is 12.4 Å². The molecule has 0 spiro atoms. The Bertz CT molecular complexity index is 431. The number of carbonyl (C=O) groups excluding carboxylic acids is 1. The molecule has 1 aromatic rings. The number of anilines is 1. The molecule has 1 unspecified atom stereocenters. The van der Waals surface area contributed by atoms with Crippen LogP contribution in [0.2, 0.25) is 0 Å². The number of likely N-dealkylation sites (tertiary alicyclic amines) is 1. The zero-order valence-electron chi connectivity index (χ0n) is 12.2. The Kier molecular flexibility index (Phi) is 5.40. The summed E-state index contributed by atoms with van der Waals surface area (Å²) in [7, 11) is 0. The molecule has 0 aliphatic carbocycles. The largest absolute Gasteiger partial charge is 0.380 e. The lowest BCUT2D eigenvalue weighted by Gasteiger charge is -2.19. The van der Waals surface area contributed by atoms with Gasteiger partial charge in [-0.1, -0.05) is 6.92 Å². The van der Waals surface area contributed by atoms with E-state index in [1.807, 2.05) is 6.20 Å². The first-order chi connectivity index (χ1) is 9.67. The Hall–Kier alpha value is -1.56. The van der Waals surface area contributed by atoms with E-state index >= 15 is 0 Å². The molecule has 2 rings (SSSR count). The van der Waals surface area contributed by atoms with Gasteiger partial charge in [0.05, 0.1) is 11.9 Å². The summed E-state index contributed by atoms with van der Waals surface area (Å²) in [6.45, 7) is 5.92. The number of nitrogens with one attached hydrogen (secondary N) is 1. The molecular weight excluding hydrogens is 254 g/mol. The van der Waals surface area contributed by atoms with Crippen molar-refractivity contribution in [3.8, 4) is 0 Å². The molecule has 1 atom stereocenters. The molecule has 20 heavy (non-hydrogen) atoms. The van der Waals surface area contributed by atoms with E-state index in [0.29, 0.717) is 6.04 Å². The minimum absolute atomic E-state index is 0.136. The van der Waals surface area contributed by atoms with Gasteiger partial charge in [-0.3, -0.25) is 9.48 Å². The number of aromatic nitrogens is 2. The fraction of sp³-hybridized carbons (Fsp3) is 0.714. The van der Waals surface area contributed by atoms with Crippen LogP contribution in [0, 0.1) is 0 Å². The molecule has 0 bridgehead atoms. The van der Waals surface area contributed by atoms with Gasteiger partial charge in [0.2, 0.25) is 5.91 Å². The Morgan fingerprint density at radius 1 is 1.50 bits per heavy atom. The van der Waals surface area contributed by atoms with E-state index in [1.165, 1.54) is 32.4 Å². The highest BCUT2D eigenvalue weighted by Gasteiger charge is 2.16. The molecule has 1 aliphatic heterocycles. The third kappa shape index (κ3) is 4.52. The number of nitrogens with two attached hydrogens (primary N) is 1. The van der Waals surface area contributed by atoms with Gasteiger partial charge >= 0.3 is 0 Å². The molecule has 2 heterocycles. The average molecular weight is 279 g/mol. The van der Waals surface area contributed by atoms with E-state index in [9.17, 15) is 4.79 Å². The normalized spacial score (nSPS) is 20.6. The van der Waals surface area contributed by atoms with Crippen LogP contribution in [0.15, 0.2) is 12.4 Å². The Balaban J connectivity index is 1.83. The van der Waals surface area contributed by atoms with Crippen molar-refractivity contribution in [2.45, 2.75) is 45.2 Å². The Morgan fingerprint density at radius 2 is 2.35 bits per heavy atom. The fourth-order valence-electron chi connectivity index (χ4n) is 2.76. The van der Waals surface area contributed by atoms with E-state index in [4.69, 9.17) is 5.73 Å². The summed E-state index contributed by atoms with van der Waals surface area (Å²) in [6.07, 6.45) is 8.39. The zero-order chi connectivity index (χ0) is 14.4. The van der Waals surface area contributed by atoms with Crippen LogP contribution in [-0.2, 0) is 11.3 Å². The van der Waals surface area contributed by atoms with Gasteiger partial charge in [0.25, 0.3) is 0 Å². The van der Waals surface area contributed by atoms with Crippen LogP contribution < -0.4 is 11.1 Å². The zero-order valence-corrected chi connectivity index (χ0v) is 12.2. The second-order valence-electron chi connectivity index (χ2n) is 5.51. The molecule has 1 aliphatic rings. The number of hydrogen-bond donors (Lipinski definition) is 2. The van der Waals surface area contributed by atoms with Gasteiger partial charge in [0.1, 0.15) is 6.54 Å². The summed E-state index contributed by atoms with van der Waals surface area (Å²) in [5.74, 6) is -0.371. The maximum Gasteiger partial charge on any atom is 0.239 e. The van der Waals surface area contributed by atoms with Crippen LogP contribution >= 0.6 is 0 Å². The predicted molar refractivity (Wildman–Crippen MR) is 79.4 cm³/mol. The topological polar surface area (TPSA) is 76.2 Å². The maximum absolute atomic E-state index is 10.8. The van der Waals surface area contributed by atoms with Crippen LogP contribution in [0.5, 0.6) is 0 Å². The highest BCUT2D eigenvalue weighted by molar-refractivity contribution is 5.73. The van der Waals surface area contributed by atoms with Gasteiger partial charge in [-0.2, -0.15) is 5.10 Å². The van der Waals surface area contributed by atoms with E-state index in [2.05, 4.69) is 22.2 Å². The highest BCUT2D eigenvalue weighted by atomic mass is 16.1. The van der Waals surface area contributed by atoms with Gasteiger partial charge in [-0.05, 0) is 38.8 Å². The molecule has 3 N–H and O–H groups in total. The number of nitrogens with zero attached hydrogens (tertiary/aromatic N) is 3. The van der Waals surface area contributed by atoms with Crippen molar-refractivity contribution in [3.63, 3.8) is 0 Å². The number of carbonyl (C=O) groups is 1. The summed E-state index contributed by atoms with van der Waals surface area (Å²) in [4.78, 5) is 13.4. The second kappa shape index (κ2) is 7.28. The molecule has 0 radical (unpaired) electrons. The van der Waals surface area contributed by atoms with Crippen LogP contribution in [0.25, 0.3) is 0 Å². The molecule has 112 valence electrons. The first kappa shape index (κ1) is 14.8. The molecule has 0 saturated carbocycles. The third-order valence-corrected chi connectivity index (χ3v) is 3.68. The summed E-state index contributed by atoms with van der Waals surface area (Å²) in [5.41, 5.74) is 6.13. The summed E-state index contributed by atoms with van der Waals surface area (Å²) < 4.78 is 1.57. The molecule has 0 aromatic carbocycles. The number of amides is 1. The molecular formula is C14H25N5O. The quantitative estimate of drug-likeness (QED) is 0.816. The lowest BCUT2D eigenvalue weighted by atomic mass is 10.1. The van der Waals surface area contributed by atoms with Crippen molar-refractivity contribution in [1.29, 1.82) is 0 Å². The van der Waals surface area contributed by atoms with Gasteiger partial charge < -0.3 is 16.0 Å². The minimum atomic E-state index is -0.371. The molecule has 6 heteroatoms. The number of hydrogen-bond acceptors (Lipinski definition) is 4. The van der Waals surface area contributed by atoms with Crippen molar-refractivity contribution in [2.24, 2.45) is 5.73 Å². The standard InChI is InChI=1S/C14H25N5O/c1-2-6-18-7-3-4-12(5-8-18)17-13-9-16-19(10-13)11-14(15)20/h9-10,12,17H,2-8,11H2,1H3,(H2,15,20). The molecule has 1 aromatic heterocycles. The highest BCUT2D eigenvalue weighted by Crippen LogP contribution is 2.16. The number of rotatable bonds is 6. The van der Waals surface area contributed by atoms with Crippen molar-refractivity contribution in [2.75, 3.05) is 25.0 Å². The molecule has 1 fully saturated rings. The third-order valence-electron chi connectivity index (χ3n) is 3.68. The van der Waals surface area contributed by atoms with Gasteiger partial charge in [0.15, 0.2) is 0 Å². The van der Waals surface area contributed by atoms with Crippen LogP contribution in [0.4, 0.5) is 5.69 Å². The lowest BCUT2D eigenvalue weighted by Crippen LogP contribution is -2.27. The second-order valence-corrected chi connectivity index (χ2v) is 5.51. The van der Waals surface area contributed by atoms with E-state index < -0.39 is 0 Å². The first-order valence-electron chi connectivity index (χ1n) is 7.47. The lowest BCUT2D eigenvalue weighted by molar-refractivity contribution is -0.118. The van der Waals surface area contributed by atoms with E-state index in [0.717, 1.165) is 18.7 Å². The predicted octanol–water partition coefficient (Wildman–Crippen LogP) is 1.04. The minimum Gasteiger partial charge on any atom is -0.380 e. The monoisotopic (exact) mass is 279 g/mol. The Morgan fingerprint density at radius 3 is 3.10 bits per heavy atom. The van der Waals surface area contributed by atoms with Gasteiger partial charge in [-0.15, -0.1) is 0 Å². The van der Waals surface area contributed by atoms with Crippen molar-refractivity contribution in [1.82, 2.24) is 14.7 Å². The van der Waals surface area contributed by atoms with Gasteiger partial charge in [0, 0.05) is 18.8 Å². The van der Waals surface area contributed by atoms with Crippen molar-refractivity contribution < 1.29 is 4.79 Å². The molecule has 1 amide bonds. The number of primary amides is 1. The average Bonchev–Trinajstić information content (AvgIpc) is 2.69.